The second-order valence-corrected chi connectivity index (χ2v) is 5.94. The number of benzene rings is 1. The molecule has 0 bridgehead atoms. The predicted molar refractivity (Wildman–Crippen MR) is 82.8 cm³/mol. The molecular formula is C15H21N3S. The fraction of sp³-hybridized carbons (Fsp3) is 0.400. The van der Waals surface area contributed by atoms with E-state index in [0.29, 0.717) is 0 Å². The molecule has 0 aliphatic carbocycles. The second kappa shape index (κ2) is 6.15. The topological polar surface area (TPSA) is 29.9 Å². The first-order valence-electron chi connectivity index (χ1n) is 6.60. The van der Waals surface area contributed by atoms with Crippen LogP contribution in [0.1, 0.15) is 31.1 Å². The molecule has 3 nitrogen and oxygen atoms in total. The van der Waals surface area contributed by atoms with Crippen LogP contribution in [0, 0.1) is 6.92 Å². The van der Waals surface area contributed by atoms with E-state index in [2.05, 4.69) is 61.6 Å². The van der Waals surface area contributed by atoms with Crippen molar-refractivity contribution in [2.24, 2.45) is 7.05 Å². The van der Waals surface area contributed by atoms with Gasteiger partial charge in [-0.05, 0) is 31.7 Å². The molecule has 0 amide bonds. The first-order chi connectivity index (χ1) is 9.11. The molecule has 1 atom stereocenters. The van der Waals surface area contributed by atoms with Gasteiger partial charge in [0.15, 0.2) is 0 Å². The monoisotopic (exact) mass is 275 g/mol. The Morgan fingerprint density at radius 3 is 2.74 bits per heavy atom. The zero-order valence-electron chi connectivity index (χ0n) is 12.0. The highest BCUT2D eigenvalue weighted by atomic mass is 32.2. The number of nitrogens with zero attached hydrogens (tertiary/aromatic N) is 2. The Hall–Kier alpha value is -1.42. The first kappa shape index (κ1) is 14.0. The molecule has 1 heterocycles. The Morgan fingerprint density at radius 1 is 1.37 bits per heavy atom. The van der Waals surface area contributed by atoms with Crippen molar-refractivity contribution in [2.45, 2.75) is 31.7 Å². The lowest BCUT2D eigenvalue weighted by molar-refractivity contribution is 0.756. The molecule has 0 aliphatic heterocycles. The summed E-state index contributed by atoms with van der Waals surface area (Å²) >= 11 is 1.87. The quantitative estimate of drug-likeness (QED) is 0.836. The van der Waals surface area contributed by atoms with Gasteiger partial charge in [0.05, 0.1) is 11.7 Å². The van der Waals surface area contributed by atoms with Crippen LogP contribution in [0.15, 0.2) is 35.4 Å². The lowest BCUT2D eigenvalue weighted by Gasteiger charge is -2.17. The minimum atomic E-state index is 0.257. The van der Waals surface area contributed by atoms with E-state index in [1.54, 1.807) is 0 Å². The van der Waals surface area contributed by atoms with E-state index in [1.807, 2.05) is 23.5 Å². The van der Waals surface area contributed by atoms with Crippen LogP contribution >= 0.6 is 11.8 Å². The summed E-state index contributed by atoms with van der Waals surface area (Å²) in [6.07, 6.45) is 2.09. The molecule has 2 rings (SSSR count). The van der Waals surface area contributed by atoms with Gasteiger partial charge < -0.3 is 5.32 Å². The highest BCUT2D eigenvalue weighted by Gasteiger charge is 2.12. The molecule has 0 aliphatic rings. The Morgan fingerprint density at radius 2 is 2.11 bits per heavy atom. The number of aryl methyl sites for hydroxylation is 2. The molecular weight excluding hydrogens is 254 g/mol. The number of para-hydroxylation sites is 1. The molecule has 1 aromatic carbocycles. The summed E-state index contributed by atoms with van der Waals surface area (Å²) in [4.78, 5) is 1.30. The van der Waals surface area contributed by atoms with Crippen molar-refractivity contribution >= 4 is 17.4 Å². The summed E-state index contributed by atoms with van der Waals surface area (Å²) in [6.45, 7) is 6.41. The van der Waals surface area contributed by atoms with Gasteiger partial charge in [0.25, 0.3) is 0 Å². The van der Waals surface area contributed by atoms with Crippen molar-refractivity contribution in [3.05, 3.63) is 41.7 Å². The lowest BCUT2D eigenvalue weighted by atomic mass is 10.1. The van der Waals surface area contributed by atoms with Crippen molar-refractivity contribution in [3.8, 4) is 0 Å². The number of anilines is 1. The van der Waals surface area contributed by atoms with E-state index >= 15 is 0 Å². The van der Waals surface area contributed by atoms with Gasteiger partial charge in [-0.25, -0.2) is 0 Å². The Kier molecular flexibility index (Phi) is 4.53. The van der Waals surface area contributed by atoms with Crippen LogP contribution in [0.4, 0.5) is 5.69 Å². The molecule has 2 aromatic rings. The van der Waals surface area contributed by atoms with E-state index in [-0.39, 0.29) is 6.04 Å². The summed E-state index contributed by atoms with van der Waals surface area (Å²) < 4.78 is 1.87. The molecule has 0 saturated carbocycles. The maximum Gasteiger partial charge on any atom is 0.0646 e. The van der Waals surface area contributed by atoms with Crippen molar-refractivity contribution in [3.63, 3.8) is 0 Å². The summed E-state index contributed by atoms with van der Waals surface area (Å²) in [5.74, 6) is 1.08. The fourth-order valence-corrected chi connectivity index (χ4v) is 2.99. The normalized spacial score (nSPS) is 12.4. The number of hydrogen-bond donors (Lipinski definition) is 1. The SMILES string of the molecule is CCSc1ccccc1NC(C)c1cn(C)nc1C. The summed E-state index contributed by atoms with van der Waals surface area (Å²) in [5.41, 5.74) is 3.53. The van der Waals surface area contributed by atoms with Crippen LogP contribution in [0.3, 0.4) is 0 Å². The van der Waals surface area contributed by atoms with Gasteiger partial charge in [-0.2, -0.15) is 5.10 Å². The average Bonchev–Trinajstić information content (AvgIpc) is 2.71. The molecule has 0 saturated heterocycles. The predicted octanol–water partition coefficient (Wildman–Crippen LogP) is 4.01. The Balaban J connectivity index is 2.19. The third-order valence-electron chi connectivity index (χ3n) is 3.08. The van der Waals surface area contributed by atoms with Crippen LogP contribution in [-0.2, 0) is 7.05 Å². The first-order valence-corrected chi connectivity index (χ1v) is 7.59. The van der Waals surface area contributed by atoms with E-state index in [4.69, 9.17) is 0 Å². The van der Waals surface area contributed by atoms with Gasteiger partial charge in [0.2, 0.25) is 0 Å². The summed E-state index contributed by atoms with van der Waals surface area (Å²) in [5, 5.41) is 8.00. The number of hydrogen-bond acceptors (Lipinski definition) is 3. The van der Waals surface area contributed by atoms with E-state index < -0.39 is 0 Å². The molecule has 0 fully saturated rings. The number of thioether (sulfide) groups is 1. The van der Waals surface area contributed by atoms with Gasteiger partial charge >= 0.3 is 0 Å². The van der Waals surface area contributed by atoms with Crippen molar-refractivity contribution in [1.82, 2.24) is 9.78 Å². The van der Waals surface area contributed by atoms with Crippen LogP contribution in [-0.4, -0.2) is 15.5 Å². The smallest absolute Gasteiger partial charge is 0.0646 e. The summed E-state index contributed by atoms with van der Waals surface area (Å²) in [7, 11) is 1.96. The Labute approximate surface area is 119 Å². The zero-order chi connectivity index (χ0) is 13.8. The third-order valence-corrected chi connectivity index (χ3v) is 4.03. The van der Waals surface area contributed by atoms with E-state index in [9.17, 15) is 0 Å². The van der Waals surface area contributed by atoms with Crippen LogP contribution in [0.2, 0.25) is 0 Å². The standard InChI is InChI=1S/C15H21N3S/c1-5-19-15-9-7-6-8-14(15)16-11(2)13-10-18(4)17-12(13)3/h6-11,16H,5H2,1-4H3. The van der Waals surface area contributed by atoms with Gasteiger partial charge in [-0.1, -0.05) is 19.1 Å². The molecule has 19 heavy (non-hydrogen) atoms. The van der Waals surface area contributed by atoms with E-state index in [0.717, 1.165) is 11.4 Å². The van der Waals surface area contributed by atoms with Crippen LogP contribution in [0.5, 0.6) is 0 Å². The highest BCUT2D eigenvalue weighted by Crippen LogP contribution is 2.30. The van der Waals surface area contributed by atoms with Gasteiger partial charge in [-0.15, -0.1) is 11.8 Å². The van der Waals surface area contributed by atoms with Gasteiger partial charge in [0, 0.05) is 29.4 Å². The average molecular weight is 275 g/mol. The minimum Gasteiger partial charge on any atom is -0.377 e. The molecule has 4 heteroatoms. The minimum absolute atomic E-state index is 0.257. The Bertz CT molecular complexity index is 548. The summed E-state index contributed by atoms with van der Waals surface area (Å²) in [6, 6.07) is 8.72. The van der Waals surface area contributed by atoms with Gasteiger partial charge in [-0.3, -0.25) is 4.68 Å². The van der Waals surface area contributed by atoms with Crippen LogP contribution < -0.4 is 5.32 Å². The lowest BCUT2D eigenvalue weighted by Crippen LogP contribution is -2.07. The van der Waals surface area contributed by atoms with Gasteiger partial charge in [0.1, 0.15) is 0 Å². The largest absolute Gasteiger partial charge is 0.377 e. The molecule has 0 spiro atoms. The van der Waals surface area contributed by atoms with Crippen molar-refractivity contribution < 1.29 is 0 Å². The molecule has 102 valence electrons. The molecule has 1 N–H and O–H groups in total. The molecule has 0 radical (unpaired) electrons. The number of aromatic nitrogens is 2. The molecule has 1 aromatic heterocycles. The fourth-order valence-electron chi connectivity index (χ4n) is 2.22. The maximum atomic E-state index is 4.40. The zero-order valence-corrected chi connectivity index (χ0v) is 12.8. The number of rotatable bonds is 5. The number of nitrogens with one attached hydrogen (secondary N) is 1. The maximum absolute atomic E-state index is 4.40. The van der Waals surface area contributed by atoms with Crippen molar-refractivity contribution in [2.75, 3.05) is 11.1 Å². The molecule has 1 unspecified atom stereocenters. The second-order valence-electron chi connectivity index (χ2n) is 4.64. The van der Waals surface area contributed by atoms with Crippen LogP contribution in [0.25, 0.3) is 0 Å². The van der Waals surface area contributed by atoms with Crippen molar-refractivity contribution in [1.29, 1.82) is 0 Å². The highest BCUT2D eigenvalue weighted by molar-refractivity contribution is 7.99. The van der Waals surface area contributed by atoms with E-state index in [1.165, 1.54) is 16.1 Å². The third kappa shape index (κ3) is 3.32.